The highest BCUT2D eigenvalue weighted by atomic mass is 16.3. The topological polar surface area (TPSA) is 52.6 Å². The van der Waals surface area contributed by atoms with Crippen LogP contribution in [0.4, 0.5) is 0 Å². The van der Waals surface area contributed by atoms with Crippen LogP contribution in [0.1, 0.15) is 33.1 Å². The van der Waals surface area contributed by atoms with Crippen LogP contribution >= 0.6 is 0 Å². The number of nitrogens with zero attached hydrogens (tertiary/aromatic N) is 1. The molecule has 2 fully saturated rings. The van der Waals surface area contributed by atoms with Gasteiger partial charge in [-0.05, 0) is 18.8 Å². The molecule has 1 aliphatic carbocycles. The molecule has 2 rings (SSSR count). The molecule has 4 heteroatoms. The van der Waals surface area contributed by atoms with E-state index in [0.29, 0.717) is 24.9 Å². The predicted octanol–water partition coefficient (Wildman–Crippen LogP) is 0.520. The van der Waals surface area contributed by atoms with Gasteiger partial charge in [-0.25, -0.2) is 5.43 Å². The molecule has 86 valence electrons. The summed E-state index contributed by atoms with van der Waals surface area (Å²) in [6, 6.07) is 0.354. The smallest absolute Gasteiger partial charge is 0.238 e. The van der Waals surface area contributed by atoms with Gasteiger partial charge in [0.1, 0.15) is 0 Å². The number of hydrogen-bond donors (Lipinski definition) is 2. The van der Waals surface area contributed by atoms with Crippen LogP contribution in [-0.2, 0) is 4.79 Å². The second-order valence-corrected chi connectivity index (χ2v) is 5.58. The molecule has 1 amide bonds. The fraction of sp³-hybridized carbons (Fsp3) is 0.909. The lowest BCUT2D eigenvalue weighted by atomic mass is 9.95. The number of rotatable bonds is 4. The van der Waals surface area contributed by atoms with Gasteiger partial charge in [0.25, 0.3) is 0 Å². The van der Waals surface area contributed by atoms with Gasteiger partial charge in [0.2, 0.25) is 5.91 Å². The van der Waals surface area contributed by atoms with E-state index in [1.165, 1.54) is 12.8 Å². The van der Waals surface area contributed by atoms with E-state index in [1.54, 1.807) is 5.01 Å². The van der Waals surface area contributed by atoms with Gasteiger partial charge in [0.05, 0.1) is 0 Å². The number of amides is 1. The summed E-state index contributed by atoms with van der Waals surface area (Å²) in [7, 11) is 0. The first-order valence-corrected chi connectivity index (χ1v) is 5.69. The van der Waals surface area contributed by atoms with Gasteiger partial charge in [-0.3, -0.25) is 9.80 Å². The van der Waals surface area contributed by atoms with Crippen LogP contribution in [0.3, 0.4) is 0 Å². The van der Waals surface area contributed by atoms with E-state index in [2.05, 4.69) is 5.43 Å². The van der Waals surface area contributed by atoms with Crippen LogP contribution in [0.15, 0.2) is 0 Å². The molecule has 1 aliphatic heterocycles. The highest BCUT2D eigenvalue weighted by Gasteiger charge is 2.40. The van der Waals surface area contributed by atoms with Crippen molar-refractivity contribution in [2.24, 2.45) is 11.3 Å². The number of hydrogen-bond acceptors (Lipinski definition) is 3. The molecule has 2 N–H and O–H groups in total. The number of carbonyl (C=O) groups excluding carboxylic acids is 1. The van der Waals surface area contributed by atoms with Crippen molar-refractivity contribution in [2.45, 2.75) is 39.2 Å². The third-order valence-corrected chi connectivity index (χ3v) is 3.22. The van der Waals surface area contributed by atoms with E-state index < -0.39 is 0 Å². The number of nitrogens with one attached hydrogen (secondary N) is 1. The average Bonchev–Trinajstić information content (AvgIpc) is 2.94. The Balaban J connectivity index is 1.90. The molecule has 1 unspecified atom stereocenters. The lowest BCUT2D eigenvalue weighted by Gasteiger charge is -2.28. The molecule has 1 atom stereocenters. The highest BCUT2D eigenvalue weighted by Crippen LogP contribution is 2.36. The zero-order valence-corrected chi connectivity index (χ0v) is 9.49. The summed E-state index contributed by atoms with van der Waals surface area (Å²) in [6.07, 6.45) is 3.14. The summed E-state index contributed by atoms with van der Waals surface area (Å²) in [5.41, 5.74) is 3.04. The SMILES string of the molecule is CC(C)(CO)CN1NC(C2CC2)CC1=O. The van der Waals surface area contributed by atoms with E-state index in [0.717, 1.165) is 0 Å². The van der Waals surface area contributed by atoms with Crippen LogP contribution in [0.2, 0.25) is 0 Å². The van der Waals surface area contributed by atoms with Crippen molar-refractivity contribution in [3.63, 3.8) is 0 Å². The Labute approximate surface area is 90.6 Å². The molecule has 15 heavy (non-hydrogen) atoms. The highest BCUT2D eigenvalue weighted by molar-refractivity contribution is 5.78. The first-order chi connectivity index (χ1) is 7.02. The van der Waals surface area contributed by atoms with Crippen LogP contribution in [0.25, 0.3) is 0 Å². The summed E-state index contributed by atoms with van der Waals surface area (Å²) in [4.78, 5) is 11.7. The monoisotopic (exact) mass is 212 g/mol. The summed E-state index contributed by atoms with van der Waals surface area (Å²) in [5, 5.41) is 10.9. The standard InChI is InChI=1S/C11H20N2O2/c1-11(2,7-14)6-13-10(15)5-9(12-13)8-3-4-8/h8-9,12,14H,3-7H2,1-2H3. The summed E-state index contributed by atoms with van der Waals surface area (Å²) in [6.45, 7) is 4.62. The van der Waals surface area contributed by atoms with Gasteiger partial charge < -0.3 is 5.11 Å². The third kappa shape index (κ3) is 2.49. The predicted molar refractivity (Wildman–Crippen MR) is 56.8 cm³/mol. The maximum atomic E-state index is 11.7. The Morgan fingerprint density at radius 1 is 1.53 bits per heavy atom. The van der Waals surface area contributed by atoms with Gasteiger partial charge in [-0.2, -0.15) is 0 Å². The number of aliphatic hydroxyl groups is 1. The van der Waals surface area contributed by atoms with E-state index in [4.69, 9.17) is 5.11 Å². The minimum absolute atomic E-state index is 0.104. The number of carbonyl (C=O) groups is 1. The molecular weight excluding hydrogens is 192 g/mol. The minimum Gasteiger partial charge on any atom is -0.396 e. The van der Waals surface area contributed by atoms with E-state index in [1.807, 2.05) is 13.8 Å². The quantitative estimate of drug-likeness (QED) is 0.714. The largest absolute Gasteiger partial charge is 0.396 e. The molecule has 0 aromatic heterocycles. The van der Waals surface area contributed by atoms with Crippen molar-refractivity contribution >= 4 is 5.91 Å². The maximum Gasteiger partial charge on any atom is 0.238 e. The van der Waals surface area contributed by atoms with Crippen LogP contribution in [-0.4, -0.2) is 35.2 Å². The van der Waals surface area contributed by atoms with Crippen molar-refractivity contribution in [1.29, 1.82) is 0 Å². The van der Waals surface area contributed by atoms with Crippen molar-refractivity contribution in [1.82, 2.24) is 10.4 Å². The minimum atomic E-state index is -0.221. The Bertz CT molecular complexity index is 261. The van der Waals surface area contributed by atoms with Gasteiger partial charge in [0.15, 0.2) is 0 Å². The number of hydrazine groups is 1. The molecule has 0 aromatic rings. The molecular formula is C11H20N2O2. The van der Waals surface area contributed by atoms with Crippen molar-refractivity contribution < 1.29 is 9.90 Å². The van der Waals surface area contributed by atoms with Gasteiger partial charge in [-0.1, -0.05) is 13.8 Å². The van der Waals surface area contributed by atoms with E-state index in [9.17, 15) is 4.79 Å². The zero-order chi connectivity index (χ0) is 11.1. The van der Waals surface area contributed by atoms with E-state index in [-0.39, 0.29) is 17.9 Å². The van der Waals surface area contributed by atoms with Gasteiger partial charge in [0, 0.05) is 31.0 Å². The first kappa shape index (κ1) is 10.9. The lowest BCUT2D eigenvalue weighted by molar-refractivity contribution is -0.131. The fourth-order valence-corrected chi connectivity index (χ4v) is 2.00. The molecule has 0 radical (unpaired) electrons. The Morgan fingerprint density at radius 2 is 2.20 bits per heavy atom. The second kappa shape index (κ2) is 3.76. The Hall–Kier alpha value is -0.610. The summed E-state index contributed by atoms with van der Waals surface area (Å²) in [5.74, 6) is 0.879. The summed E-state index contributed by atoms with van der Waals surface area (Å²) < 4.78 is 0. The first-order valence-electron chi connectivity index (χ1n) is 5.69. The zero-order valence-electron chi connectivity index (χ0n) is 9.49. The van der Waals surface area contributed by atoms with Crippen LogP contribution in [0.5, 0.6) is 0 Å². The molecule has 1 saturated carbocycles. The summed E-state index contributed by atoms with van der Waals surface area (Å²) >= 11 is 0. The van der Waals surface area contributed by atoms with Crippen LogP contribution < -0.4 is 5.43 Å². The third-order valence-electron chi connectivity index (χ3n) is 3.22. The van der Waals surface area contributed by atoms with Crippen molar-refractivity contribution in [3.8, 4) is 0 Å². The molecule has 1 heterocycles. The Kier molecular flexibility index (Phi) is 2.73. The lowest BCUT2D eigenvalue weighted by Crippen LogP contribution is -2.44. The molecule has 0 aromatic carbocycles. The molecule has 0 bridgehead atoms. The normalized spacial score (nSPS) is 27.5. The van der Waals surface area contributed by atoms with Crippen LogP contribution in [0, 0.1) is 11.3 Å². The van der Waals surface area contributed by atoms with Crippen molar-refractivity contribution in [2.75, 3.05) is 13.2 Å². The van der Waals surface area contributed by atoms with Gasteiger partial charge in [-0.15, -0.1) is 0 Å². The Morgan fingerprint density at radius 3 is 2.73 bits per heavy atom. The molecule has 0 spiro atoms. The van der Waals surface area contributed by atoms with Gasteiger partial charge >= 0.3 is 0 Å². The van der Waals surface area contributed by atoms with E-state index >= 15 is 0 Å². The van der Waals surface area contributed by atoms with Crippen molar-refractivity contribution in [3.05, 3.63) is 0 Å². The molecule has 2 aliphatic rings. The number of aliphatic hydroxyl groups excluding tert-OH is 1. The fourth-order valence-electron chi connectivity index (χ4n) is 2.00. The molecule has 1 saturated heterocycles. The average molecular weight is 212 g/mol. The second-order valence-electron chi connectivity index (χ2n) is 5.58. The molecule has 4 nitrogen and oxygen atoms in total. The maximum absolute atomic E-state index is 11.7.